The summed E-state index contributed by atoms with van der Waals surface area (Å²) in [6.07, 6.45) is 14.2. The fraction of sp³-hybridized carbons (Fsp3) is 0.625. The van der Waals surface area contributed by atoms with Crippen LogP contribution in [0.3, 0.4) is 0 Å². The average Bonchev–Trinajstić information content (AvgIpc) is 2.34. The van der Waals surface area contributed by atoms with Gasteiger partial charge in [0.05, 0.1) is 0 Å². The van der Waals surface area contributed by atoms with E-state index in [9.17, 15) is 0 Å². The third-order valence-electron chi connectivity index (χ3n) is 2.98. The van der Waals surface area contributed by atoms with E-state index in [1.165, 1.54) is 31.3 Å². The molecule has 0 radical (unpaired) electrons. The minimum absolute atomic E-state index is 0.933. The van der Waals surface area contributed by atoms with Crippen LogP contribution in [0.5, 0.6) is 0 Å². The van der Waals surface area contributed by atoms with Crippen LogP contribution in [0, 0.1) is 5.92 Å². The zero-order valence-corrected chi connectivity index (χ0v) is 11.7. The van der Waals surface area contributed by atoms with Crippen molar-refractivity contribution in [2.24, 2.45) is 5.92 Å². The van der Waals surface area contributed by atoms with Crippen LogP contribution >= 0.6 is 0 Å². The largest absolute Gasteiger partial charge is 0.0871 e. The molecule has 0 nitrogen and oxygen atoms in total. The molecule has 0 spiro atoms. The summed E-state index contributed by atoms with van der Waals surface area (Å²) in [5.74, 6) is 0.933. The van der Waals surface area contributed by atoms with Crippen molar-refractivity contribution >= 4 is 0 Å². The highest BCUT2D eigenvalue weighted by molar-refractivity contribution is 5.33. The van der Waals surface area contributed by atoms with Crippen molar-refractivity contribution in [2.45, 2.75) is 60.3 Å². The van der Waals surface area contributed by atoms with Gasteiger partial charge in [0.15, 0.2) is 0 Å². The first-order valence-corrected chi connectivity index (χ1v) is 6.74. The first-order valence-electron chi connectivity index (χ1n) is 6.74. The van der Waals surface area contributed by atoms with Gasteiger partial charge in [0.2, 0.25) is 0 Å². The van der Waals surface area contributed by atoms with E-state index in [1.54, 1.807) is 5.57 Å². The van der Waals surface area contributed by atoms with Gasteiger partial charge in [-0.25, -0.2) is 0 Å². The van der Waals surface area contributed by atoms with E-state index < -0.39 is 0 Å². The second-order valence-corrected chi connectivity index (χ2v) is 4.27. The molecule has 0 heteroatoms. The molecule has 1 saturated carbocycles. The average molecular weight is 220 g/mol. The van der Waals surface area contributed by atoms with Gasteiger partial charge < -0.3 is 0 Å². The van der Waals surface area contributed by atoms with E-state index in [0.29, 0.717) is 0 Å². The molecule has 0 unspecified atom stereocenters. The van der Waals surface area contributed by atoms with Gasteiger partial charge >= 0.3 is 0 Å². The molecule has 1 aliphatic carbocycles. The Kier molecular flexibility index (Phi) is 8.99. The smallest absolute Gasteiger partial charge is 0.0303 e. The van der Waals surface area contributed by atoms with Crippen LogP contribution in [0.1, 0.15) is 60.3 Å². The van der Waals surface area contributed by atoms with Gasteiger partial charge in [-0.05, 0) is 51.0 Å². The summed E-state index contributed by atoms with van der Waals surface area (Å²) in [4.78, 5) is 0. The number of rotatable bonds is 2. The molecule has 0 amide bonds. The third-order valence-corrected chi connectivity index (χ3v) is 2.98. The zero-order chi connectivity index (χ0) is 12.4. The van der Waals surface area contributed by atoms with Crippen LogP contribution in [0.2, 0.25) is 0 Å². The van der Waals surface area contributed by atoms with Crippen LogP contribution < -0.4 is 0 Å². The van der Waals surface area contributed by atoms with Crippen LogP contribution in [0.15, 0.2) is 35.5 Å². The monoisotopic (exact) mass is 220 g/mol. The summed E-state index contributed by atoms with van der Waals surface area (Å²) in [5, 5.41) is 0. The Morgan fingerprint density at radius 2 is 1.69 bits per heavy atom. The Labute approximate surface area is 102 Å². The first kappa shape index (κ1) is 15.2. The molecule has 1 rings (SSSR count). The Morgan fingerprint density at radius 3 is 2.12 bits per heavy atom. The normalized spacial score (nSPS) is 21.7. The lowest BCUT2D eigenvalue weighted by atomic mass is 9.86. The summed E-state index contributed by atoms with van der Waals surface area (Å²) in [6.45, 7) is 10.5. The quantitative estimate of drug-likeness (QED) is 0.526. The molecule has 0 heterocycles. The molecule has 0 bridgehead atoms. The SMILES string of the molecule is C/C=C\C(C=C1CCC(C)CC1)=C/C.CC. The maximum Gasteiger partial charge on any atom is -0.0303 e. The van der Waals surface area contributed by atoms with Crippen LogP contribution in [0.25, 0.3) is 0 Å². The van der Waals surface area contributed by atoms with Crippen molar-refractivity contribution in [2.75, 3.05) is 0 Å². The Bertz CT molecular complexity index is 243. The van der Waals surface area contributed by atoms with Crippen molar-refractivity contribution in [3.05, 3.63) is 35.5 Å². The van der Waals surface area contributed by atoms with Gasteiger partial charge in [0, 0.05) is 0 Å². The van der Waals surface area contributed by atoms with E-state index in [2.05, 4.69) is 45.1 Å². The van der Waals surface area contributed by atoms with Gasteiger partial charge in [0.25, 0.3) is 0 Å². The van der Waals surface area contributed by atoms with Crippen molar-refractivity contribution in [1.82, 2.24) is 0 Å². The summed E-state index contributed by atoms with van der Waals surface area (Å²) in [6, 6.07) is 0. The first-order chi connectivity index (χ1) is 7.76. The van der Waals surface area contributed by atoms with Crippen molar-refractivity contribution in [3.8, 4) is 0 Å². The number of allylic oxidation sites excluding steroid dienone is 6. The second-order valence-electron chi connectivity index (χ2n) is 4.27. The molecule has 16 heavy (non-hydrogen) atoms. The molecule has 1 aliphatic rings. The third kappa shape index (κ3) is 5.95. The molecule has 0 aliphatic heterocycles. The lowest BCUT2D eigenvalue weighted by Gasteiger charge is -2.20. The van der Waals surface area contributed by atoms with Gasteiger partial charge in [0.1, 0.15) is 0 Å². The molecule has 0 aromatic rings. The summed E-state index contributed by atoms with van der Waals surface area (Å²) in [7, 11) is 0. The van der Waals surface area contributed by atoms with Crippen molar-refractivity contribution < 1.29 is 0 Å². The minimum Gasteiger partial charge on any atom is -0.0871 e. The molecule has 0 aromatic heterocycles. The highest BCUT2D eigenvalue weighted by Crippen LogP contribution is 2.28. The fourth-order valence-electron chi connectivity index (χ4n) is 1.93. The summed E-state index contributed by atoms with van der Waals surface area (Å²) in [5.41, 5.74) is 2.99. The van der Waals surface area contributed by atoms with Crippen LogP contribution in [0.4, 0.5) is 0 Å². The maximum absolute atomic E-state index is 2.37. The lowest BCUT2D eigenvalue weighted by Crippen LogP contribution is -2.03. The van der Waals surface area contributed by atoms with E-state index in [0.717, 1.165) is 5.92 Å². The predicted octanol–water partition coefficient (Wildman–Crippen LogP) is 5.67. The molecule has 1 fully saturated rings. The summed E-state index contributed by atoms with van der Waals surface area (Å²) < 4.78 is 0. The van der Waals surface area contributed by atoms with E-state index >= 15 is 0 Å². The molecule has 0 N–H and O–H groups in total. The highest BCUT2D eigenvalue weighted by Gasteiger charge is 2.11. The van der Waals surface area contributed by atoms with Gasteiger partial charge in [-0.3, -0.25) is 0 Å². The van der Waals surface area contributed by atoms with Crippen molar-refractivity contribution in [3.63, 3.8) is 0 Å². The van der Waals surface area contributed by atoms with E-state index in [-0.39, 0.29) is 0 Å². The van der Waals surface area contributed by atoms with Crippen molar-refractivity contribution in [1.29, 1.82) is 0 Å². The second kappa shape index (κ2) is 9.45. The van der Waals surface area contributed by atoms with Crippen LogP contribution in [-0.2, 0) is 0 Å². The Balaban J connectivity index is 0.00000106. The molecule has 92 valence electrons. The summed E-state index contributed by atoms with van der Waals surface area (Å²) >= 11 is 0. The Morgan fingerprint density at radius 1 is 1.12 bits per heavy atom. The highest BCUT2D eigenvalue weighted by atomic mass is 14.2. The predicted molar refractivity (Wildman–Crippen MR) is 75.6 cm³/mol. The number of hydrogen-bond acceptors (Lipinski definition) is 0. The van der Waals surface area contributed by atoms with E-state index in [1.807, 2.05) is 13.8 Å². The lowest BCUT2D eigenvalue weighted by molar-refractivity contribution is 0.444. The van der Waals surface area contributed by atoms with Gasteiger partial charge in [-0.15, -0.1) is 0 Å². The number of hydrogen-bond donors (Lipinski definition) is 0. The zero-order valence-electron chi connectivity index (χ0n) is 11.7. The standard InChI is InChI=1S/C14H22.C2H6/c1-4-6-13(5-2)11-14-9-7-12(3)8-10-14;1-2/h4-6,11-12H,7-10H2,1-3H3;1-2H3/b6-4-,13-5+,14-11?;. The maximum atomic E-state index is 2.37. The molecule has 0 atom stereocenters. The minimum atomic E-state index is 0.933. The topological polar surface area (TPSA) is 0 Å². The molecular formula is C16H28. The fourth-order valence-corrected chi connectivity index (χ4v) is 1.93. The molecule has 0 saturated heterocycles. The molecule has 0 aromatic carbocycles. The molecular weight excluding hydrogens is 192 g/mol. The van der Waals surface area contributed by atoms with Crippen LogP contribution in [-0.4, -0.2) is 0 Å². The van der Waals surface area contributed by atoms with E-state index in [4.69, 9.17) is 0 Å². The Hall–Kier alpha value is -0.780. The van der Waals surface area contributed by atoms with Gasteiger partial charge in [-0.2, -0.15) is 0 Å². The van der Waals surface area contributed by atoms with Gasteiger partial charge in [-0.1, -0.05) is 50.6 Å².